The normalized spacial score (nSPS) is 11.7. The number of halogens is 3. The first-order valence-electron chi connectivity index (χ1n) is 6.23. The van der Waals surface area contributed by atoms with Gasteiger partial charge in [0.15, 0.2) is 0 Å². The van der Waals surface area contributed by atoms with Crippen LogP contribution in [0, 0.1) is 6.92 Å². The van der Waals surface area contributed by atoms with E-state index in [1.54, 1.807) is 6.92 Å². The van der Waals surface area contributed by atoms with Crippen LogP contribution in [0.3, 0.4) is 0 Å². The van der Waals surface area contributed by atoms with Crippen molar-refractivity contribution >= 4 is 5.78 Å². The van der Waals surface area contributed by atoms with Crippen molar-refractivity contribution in [2.75, 3.05) is 0 Å². The highest BCUT2D eigenvalue weighted by molar-refractivity contribution is 6.08. The maximum atomic E-state index is 12.5. The van der Waals surface area contributed by atoms with Crippen molar-refractivity contribution in [1.82, 2.24) is 4.98 Å². The topological polar surface area (TPSA) is 32.9 Å². The lowest BCUT2D eigenvalue weighted by Gasteiger charge is -2.07. The van der Waals surface area contributed by atoms with Gasteiger partial charge in [0.1, 0.15) is 0 Å². The summed E-state index contributed by atoms with van der Waals surface area (Å²) in [5, 5.41) is 0. The molecule has 0 aliphatic rings. The van der Waals surface area contributed by atoms with Crippen LogP contribution in [0.15, 0.2) is 30.3 Å². The van der Waals surface area contributed by atoms with Gasteiger partial charge in [-0.1, -0.05) is 19.1 Å². The summed E-state index contributed by atoms with van der Waals surface area (Å²) >= 11 is 0. The Balaban J connectivity index is 2.31. The van der Waals surface area contributed by atoms with Crippen molar-refractivity contribution in [3.63, 3.8) is 0 Å². The molecule has 0 saturated carbocycles. The van der Waals surface area contributed by atoms with Gasteiger partial charge >= 0.3 is 6.18 Å². The number of ketones is 1. The van der Waals surface area contributed by atoms with Crippen molar-refractivity contribution in [3.8, 4) is 0 Å². The van der Waals surface area contributed by atoms with Gasteiger partial charge in [0.05, 0.1) is 11.3 Å². The zero-order chi connectivity index (χ0) is 14.9. The minimum Gasteiger partial charge on any atom is -0.356 e. The summed E-state index contributed by atoms with van der Waals surface area (Å²) < 4.78 is 37.4. The van der Waals surface area contributed by atoms with E-state index in [0.717, 1.165) is 29.8 Å². The molecule has 0 atom stereocenters. The average molecular weight is 281 g/mol. The van der Waals surface area contributed by atoms with E-state index in [1.165, 1.54) is 12.1 Å². The van der Waals surface area contributed by atoms with Gasteiger partial charge in [-0.05, 0) is 37.1 Å². The van der Waals surface area contributed by atoms with E-state index < -0.39 is 11.7 Å². The third-order valence-corrected chi connectivity index (χ3v) is 3.15. The number of alkyl halides is 3. The molecule has 0 fully saturated rings. The molecular weight excluding hydrogens is 267 g/mol. The molecule has 0 bridgehead atoms. The van der Waals surface area contributed by atoms with Gasteiger partial charge in [0, 0.05) is 11.3 Å². The predicted octanol–water partition coefficient (Wildman–Crippen LogP) is 4.14. The van der Waals surface area contributed by atoms with E-state index in [4.69, 9.17) is 0 Å². The lowest BCUT2D eigenvalue weighted by Crippen LogP contribution is -2.07. The molecule has 106 valence electrons. The number of aromatic amines is 1. The van der Waals surface area contributed by atoms with Crippen LogP contribution in [0.5, 0.6) is 0 Å². The first-order valence-corrected chi connectivity index (χ1v) is 6.23. The van der Waals surface area contributed by atoms with Crippen molar-refractivity contribution in [3.05, 3.63) is 58.4 Å². The molecule has 5 heteroatoms. The number of hydrogen-bond acceptors (Lipinski definition) is 1. The molecule has 0 radical (unpaired) electrons. The van der Waals surface area contributed by atoms with Gasteiger partial charge in [0.25, 0.3) is 0 Å². The standard InChI is InChI=1S/C15H14F3NO/c1-3-12-8-9(2)13(19-12)14(20)10-4-6-11(7-5-10)15(16,17)18/h4-8,19H,3H2,1-2H3. The Hall–Kier alpha value is -2.04. The Morgan fingerprint density at radius 2 is 1.80 bits per heavy atom. The smallest absolute Gasteiger partial charge is 0.356 e. The van der Waals surface area contributed by atoms with E-state index in [-0.39, 0.29) is 11.3 Å². The van der Waals surface area contributed by atoms with E-state index in [2.05, 4.69) is 4.98 Å². The molecule has 1 heterocycles. The van der Waals surface area contributed by atoms with Crippen molar-refractivity contribution in [2.45, 2.75) is 26.4 Å². The Bertz CT molecular complexity index is 624. The molecule has 0 unspecified atom stereocenters. The molecule has 1 aromatic carbocycles. The fourth-order valence-electron chi connectivity index (χ4n) is 2.01. The third kappa shape index (κ3) is 2.76. The Morgan fingerprint density at radius 1 is 1.20 bits per heavy atom. The molecule has 0 spiro atoms. The number of benzene rings is 1. The highest BCUT2D eigenvalue weighted by Crippen LogP contribution is 2.29. The summed E-state index contributed by atoms with van der Waals surface area (Å²) in [7, 11) is 0. The summed E-state index contributed by atoms with van der Waals surface area (Å²) in [6.45, 7) is 3.75. The molecule has 0 aliphatic heterocycles. The van der Waals surface area contributed by atoms with Crippen molar-refractivity contribution < 1.29 is 18.0 Å². The quantitative estimate of drug-likeness (QED) is 0.843. The fraction of sp³-hybridized carbons (Fsp3) is 0.267. The molecule has 0 aliphatic carbocycles. The van der Waals surface area contributed by atoms with Gasteiger partial charge in [-0.2, -0.15) is 13.2 Å². The SMILES string of the molecule is CCc1cc(C)c(C(=O)c2ccc(C(F)(F)F)cc2)[nH]1. The fourth-order valence-corrected chi connectivity index (χ4v) is 2.01. The largest absolute Gasteiger partial charge is 0.416 e. The zero-order valence-corrected chi connectivity index (χ0v) is 11.1. The summed E-state index contributed by atoms with van der Waals surface area (Å²) in [6, 6.07) is 6.13. The Kier molecular flexibility index (Phi) is 3.70. The lowest BCUT2D eigenvalue weighted by atomic mass is 10.0. The molecule has 2 rings (SSSR count). The van der Waals surface area contributed by atoms with Crippen LogP contribution < -0.4 is 0 Å². The van der Waals surface area contributed by atoms with Crippen LogP contribution in [0.2, 0.25) is 0 Å². The first-order chi connectivity index (χ1) is 9.32. The summed E-state index contributed by atoms with van der Waals surface area (Å²) in [5.74, 6) is -0.295. The number of carbonyl (C=O) groups excluding carboxylic acids is 1. The zero-order valence-electron chi connectivity index (χ0n) is 11.1. The van der Waals surface area contributed by atoms with E-state index in [0.29, 0.717) is 5.69 Å². The van der Waals surface area contributed by atoms with Gasteiger partial charge < -0.3 is 4.98 Å². The number of hydrogen-bond donors (Lipinski definition) is 1. The number of H-pyrrole nitrogens is 1. The first kappa shape index (κ1) is 14.4. The molecule has 0 amide bonds. The summed E-state index contributed by atoms with van der Waals surface area (Å²) in [6.07, 6.45) is -3.62. The lowest BCUT2D eigenvalue weighted by molar-refractivity contribution is -0.137. The van der Waals surface area contributed by atoms with Gasteiger partial charge in [-0.15, -0.1) is 0 Å². The predicted molar refractivity (Wildman–Crippen MR) is 69.8 cm³/mol. The molecule has 1 N–H and O–H groups in total. The van der Waals surface area contributed by atoms with Gasteiger partial charge in [-0.3, -0.25) is 4.79 Å². The summed E-state index contributed by atoms with van der Waals surface area (Å²) in [5.41, 5.74) is 1.64. The maximum Gasteiger partial charge on any atom is 0.416 e. The van der Waals surface area contributed by atoms with Crippen molar-refractivity contribution in [2.24, 2.45) is 0 Å². The van der Waals surface area contributed by atoms with Crippen LogP contribution in [-0.4, -0.2) is 10.8 Å². The number of aromatic nitrogens is 1. The van der Waals surface area contributed by atoms with Crippen LogP contribution >= 0.6 is 0 Å². The average Bonchev–Trinajstić information content (AvgIpc) is 2.78. The highest BCUT2D eigenvalue weighted by Gasteiger charge is 2.30. The van der Waals surface area contributed by atoms with E-state index in [1.807, 2.05) is 13.0 Å². The minimum absolute atomic E-state index is 0.241. The summed E-state index contributed by atoms with van der Waals surface area (Å²) in [4.78, 5) is 15.2. The maximum absolute atomic E-state index is 12.5. The van der Waals surface area contributed by atoms with Gasteiger partial charge in [-0.25, -0.2) is 0 Å². The van der Waals surface area contributed by atoms with Crippen LogP contribution in [0.4, 0.5) is 13.2 Å². The number of rotatable bonds is 3. The molecule has 2 aromatic rings. The Morgan fingerprint density at radius 3 is 2.25 bits per heavy atom. The second-order valence-electron chi connectivity index (χ2n) is 4.61. The second kappa shape index (κ2) is 5.15. The third-order valence-electron chi connectivity index (χ3n) is 3.15. The molecular formula is C15H14F3NO. The van der Waals surface area contributed by atoms with Crippen LogP contribution in [-0.2, 0) is 12.6 Å². The van der Waals surface area contributed by atoms with Crippen LogP contribution in [0.1, 0.15) is 39.8 Å². The molecule has 0 saturated heterocycles. The number of nitrogens with one attached hydrogen (secondary N) is 1. The molecule has 1 aromatic heterocycles. The monoisotopic (exact) mass is 281 g/mol. The van der Waals surface area contributed by atoms with E-state index >= 15 is 0 Å². The van der Waals surface area contributed by atoms with Crippen molar-refractivity contribution in [1.29, 1.82) is 0 Å². The van der Waals surface area contributed by atoms with E-state index in [9.17, 15) is 18.0 Å². The number of carbonyl (C=O) groups is 1. The molecule has 2 nitrogen and oxygen atoms in total. The molecule has 20 heavy (non-hydrogen) atoms. The number of aryl methyl sites for hydroxylation is 2. The highest BCUT2D eigenvalue weighted by atomic mass is 19.4. The Labute approximate surface area is 114 Å². The van der Waals surface area contributed by atoms with Crippen LogP contribution in [0.25, 0.3) is 0 Å². The second-order valence-corrected chi connectivity index (χ2v) is 4.61. The van der Waals surface area contributed by atoms with Gasteiger partial charge in [0.2, 0.25) is 5.78 Å². The minimum atomic E-state index is -4.39.